The quantitative estimate of drug-likeness (QED) is 0.852. The fourth-order valence-corrected chi connectivity index (χ4v) is 3.06. The van der Waals surface area contributed by atoms with Gasteiger partial charge in [-0.05, 0) is 50.6 Å². The zero-order valence-electron chi connectivity index (χ0n) is 11.7. The summed E-state index contributed by atoms with van der Waals surface area (Å²) in [5, 5.41) is 4.70. The number of rotatable bonds is 2. The van der Waals surface area contributed by atoms with Crippen molar-refractivity contribution < 1.29 is 4.52 Å². The Morgan fingerprint density at radius 2 is 2.00 bits per heavy atom. The lowest BCUT2D eigenvalue weighted by Gasteiger charge is -2.35. The molecule has 0 aliphatic carbocycles. The van der Waals surface area contributed by atoms with Crippen LogP contribution in [0.3, 0.4) is 0 Å². The van der Waals surface area contributed by atoms with Crippen LogP contribution in [-0.4, -0.2) is 35.2 Å². The molecule has 1 aromatic heterocycles. The van der Waals surface area contributed by atoms with Crippen LogP contribution >= 0.6 is 11.6 Å². The molecule has 2 aromatic rings. The van der Waals surface area contributed by atoms with E-state index in [0.717, 1.165) is 30.4 Å². The first-order valence-corrected chi connectivity index (χ1v) is 7.25. The number of aryl methyl sites for hydroxylation is 1. The van der Waals surface area contributed by atoms with Crippen molar-refractivity contribution in [3.63, 3.8) is 0 Å². The molecule has 4 nitrogen and oxygen atoms in total. The van der Waals surface area contributed by atoms with Gasteiger partial charge >= 0.3 is 0 Å². The smallest absolute Gasteiger partial charge is 0.231 e. The van der Waals surface area contributed by atoms with Crippen LogP contribution in [0.1, 0.15) is 35.5 Å². The second kappa shape index (κ2) is 5.54. The molecule has 0 radical (unpaired) electrons. The van der Waals surface area contributed by atoms with Crippen LogP contribution in [0.25, 0.3) is 0 Å². The Kier molecular flexibility index (Phi) is 3.76. The monoisotopic (exact) mass is 291 g/mol. The van der Waals surface area contributed by atoms with Crippen LogP contribution < -0.4 is 0 Å². The minimum atomic E-state index is 0.246. The number of hydrogen-bond acceptors (Lipinski definition) is 4. The molecule has 0 bridgehead atoms. The van der Waals surface area contributed by atoms with Crippen molar-refractivity contribution in [3.8, 4) is 0 Å². The van der Waals surface area contributed by atoms with E-state index < -0.39 is 0 Å². The summed E-state index contributed by atoms with van der Waals surface area (Å²) in [6.45, 7) is 3.88. The summed E-state index contributed by atoms with van der Waals surface area (Å²) in [7, 11) is 2.13. The Morgan fingerprint density at radius 1 is 1.25 bits per heavy atom. The maximum absolute atomic E-state index is 5.98. The van der Waals surface area contributed by atoms with Gasteiger partial charge in [0.15, 0.2) is 5.82 Å². The van der Waals surface area contributed by atoms with Gasteiger partial charge in [-0.3, -0.25) is 0 Å². The highest BCUT2D eigenvalue weighted by molar-refractivity contribution is 6.30. The van der Waals surface area contributed by atoms with Crippen molar-refractivity contribution in [2.75, 3.05) is 20.1 Å². The van der Waals surface area contributed by atoms with Gasteiger partial charge in [0.2, 0.25) is 5.89 Å². The lowest BCUT2D eigenvalue weighted by Crippen LogP contribution is -2.35. The van der Waals surface area contributed by atoms with Crippen LogP contribution in [0.4, 0.5) is 0 Å². The Morgan fingerprint density at radius 3 is 2.65 bits per heavy atom. The second-order valence-corrected chi connectivity index (χ2v) is 5.93. The zero-order valence-corrected chi connectivity index (χ0v) is 12.5. The first kappa shape index (κ1) is 13.6. The Hall–Kier alpha value is -1.39. The summed E-state index contributed by atoms with van der Waals surface area (Å²) in [6, 6.07) is 8.11. The molecule has 0 spiro atoms. The molecule has 0 saturated carbocycles. The van der Waals surface area contributed by atoms with Gasteiger partial charge in [0.1, 0.15) is 0 Å². The topological polar surface area (TPSA) is 42.2 Å². The maximum atomic E-state index is 5.98. The lowest BCUT2D eigenvalue weighted by atomic mass is 9.80. The van der Waals surface area contributed by atoms with Crippen LogP contribution in [0.2, 0.25) is 5.02 Å². The molecule has 2 atom stereocenters. The van der Waals surface area contributed by atoms with Crippen molar-refractivity contribution in [2.45, 2.75) is 25.2 Å². The predicted molar refractivity (Wildman–Crippen MR) is 78.1 cm³/mol. The van der Waals surface area contributed by atoms with Gasteiger partial charge < -0.3 is 9.42 Å². The van der Waals surface area contributed by atoms with E-state index in [2.05, 4.69) is 34.2 Å². The summed E-state index contributed by atoms with van der Waals surface area (Å²) in [5.41, 5.74) is 1.29. The number of aromatic nitrogens is 2. The Labute approximate surface area is 123 Å². The van der Waals surface area contributed by atoms with Crippen molar-refractivity contribution in [3.05, 3.63) is 46.6 Å². The molecule has 106 valence electrons. The van der Waals surface area contributed by atoms with Crippen molar-refractivity contribution >= 4 is 11.6 Å². The number of piperidine rings is 1. The molecule has 1 saturated heterocycles. The third-order valence-corrected chi connectivity index (χ3v) is 4.23. The van der Waals surface area contributed by atoms with E-state index in [1.165, 1.54) is 5.56 Å². The van der Waals surface area contributed by atoms with Gasteiger partial charge in [-0.1, -0.05) is 28.9 Å². The lowest BCUT2D eigenvalue weighted by molar-refractivity contribution is 0.198. The first-order chi connectivity index (χ1) is 9.63. The molecule has 1 fully saturated rings. The van der Waals surface area contributed by atoms with E-state index in [1.54, 1.807) is 0 Å². The summed E-state index contributed by atoms with van der Waals surface area (Å²) in [4.78, 5) is 6.75. The molecule has 2 heterocycles. The van der Waals surface area contributed by atoms with Gasteiger partial charge in [0.25, 0.3) is 0 Å². The Bertz CT molecular complexity index is 581. The molecule has 20 heavy (non-hydrogen) atoms. The van der Waals surface area contributed by atoms with E-state index in [4.69, 9.17) is 16.1 Å². The summed E-state index contributed by atoms with van der Waals surface area (Å²) in [6.07, 6.45) is 1.09. The number of halogens is 1. The normalized spacial score (nSPS) is 23.9. The van der Waals surface area contributed by atoms with Crippen LogP contribution in [-0.2, 0) is 0 Å². The van der Waals surface area contributed by atoms with Gasteiger partial charge in [0, 0.05) is 11.6 Å². The minimum Gasteiger partial charge on any atom is -0.339 e. The number of likely N-dealkylation sites (tertiary alicyclic amines) is 1. The molecular formula is C15H18ClN3O. The van der Waals surface area contributed by atoms with Crippen molar-refractivity contribution in [2.24, 2.45) is 0 Å². The third-order valence-electron chi connectivity index (χ3n) is 3.97. The zero-order chi connectivity index (χ0) is 14.1. The van der Waals surface area contributed by atoms with Crippen LogP contribution in [0.15, 0.2) is 28.8 Å². The fraction of sp³-hybridized carbons (Fsp3) is 0.467. The average molecular weight is 292 g/mol. The van der Waals surface area contributed by atoms with E-state index in [-0.39, 0.29) is 5.92 Å². The summed E-state index contributed by atoms with van der Waals surface area (Å²) < 4.78 is 5.41. The highest BCUT2D eigenvalue weighted by Crippen LogP contribution is 2.38. The van der Waals surface area contributed by atoms with Crippen molar-refractivity contribution in [1.29, 1.82) is 0 Å². The van der Waals surface area contributed by atoms with E-state index in [9.17, 15) is 0 Å². The Balaban J connectivity index is 1.92. The first-order valence-electron chi connectivity index (χ1n) is 6.87. The standard InChI is InChI=1S/C15H18ClN3O/c1-10-17-15(20-18-10)14-9-19(2)8-7-13(14)11-3-5-12(16)6-4-11/h3-6,13-14H,7-9H2,1-2H3/t13-,14+/m0/s1. The van der Waals surface area contributed by atoms with Crippen LogP contribution in [0, 0.1) is 6.92 Å². The van der Waals surface area contributed by atoms with Crippen molar-refractivity contribution in [1.82, 2.24) is 15.0 Å². The van der Waals surface area contributed by atoms with Gasteiger partial charge in [-0.25, -0.2) is 0 Å². The fourth-order valence-electron chi connectivity index (χ4n) is 2.94. The predicted octanol–water partition coefficient (Wildman–Crippen LogP) is 3.23. The molecule has 1 aliphatic heterocycles. The molecule has 5 heteroatoms. The molecule has 0 amide bonds. The van der Waals surface area contributed by atoms with Crippen LogP contribution in [0.5, 0.6) is 0 Å². The second-order valence-electron chi connectivity index (χ2n) is 5.50. The SMILES string of the molecule is Cc1noc([C@@H]2CN(C)CC[C@H]2c2ccc(Cl)cc2)n1. The minimum absolute atomic E-state index is 0.246. The number of hydrogen-bond donors (Lipinski definition) is 0. The molecule has 1 aliphatic rings. The van der Waals surface area contributed by atoms with Gasteiger partial charge in [-0.15, -0.1) is 0 Å². The highest BCUT2D eigenvalue weighted by atomic mass is 35.5. The molecule has 1 aromatic carbocycles. The summed E-state index contributed by atoms with van der Waals surface area (Å²) >= 11 is 5.98. The third kappa shape index (κ3) is 2.72. The molecule has 0 N–H and O–H groups in total. The molecule has 3 rings (SSSR count). The molecule has 0 unspecified atom stereocenters. The largest absolute Gasteiger partial charge is 0.339 e. The molecular weight excluding hydrogens is 274 g/mol. The number of likely N-dealkylation sites (N-methyl/N-ethyl adjacent to an activating group) is 1. The van der Waals surface area contributed by atoms with E-state index in [1.807, 2.05) is 19.1 Å². The highest BCUT2D eigenvalue weighted by Gasteiger charge is 2.33. The average Bonchev–Trinajstić information content (AvgIpc) is 2.86. The summed E-state index contributed by atoms with van der Waals surface area (Å²) in [5.74, 6) is 2.09. The van der Waals surface area contributed by atoms with Gasteiger partial charge in [0.05, 0.1) is 5.92 Å². The van der Waals surface area contributed by atoms with Gasteiger partial charge in [-0.2, -0.15) is 4.98 Å². The number of nitrogens with zero attached hydrogens (tertiary/aromatic N) is 3. The number of benzene rings is 1. The van der Waals surface area contributed by atoms with E-state index >= 15 is 0 Å². The van der Waals surface area contributed by atoms with E-state index in [0.29, 0.717) is 11.7 Å². The maximum Gasteiger partial charge on any atom is 0.231 e.